The van der Waals surface area contributed by atoms with Gasteiger partial charge in [-0.3, -0.25) is 4.79 Å². The highest BCUT2D eigenvalue weighted by molar-refractivity contribution is 5.74. The van der Waals surface area contributed by atoms with Crippen molar-refractivity contribution in [3.05, 3.63) is 54.6 Å². The van der Waals surface area contributed by atoms with Gasteiger partial charge in [-0.1, -0.05) is 69.4 Å². The first-order valence-electron chi connectivity index (χ1n) is 9.06. The second kappa shape index (κ2) is 11.1. The van der Waals surface area contributed by atoms with Crippen molar-refractivity contribution in [2.75, 3.05) is 0 Å². The lowest BCUT2D eigenvalue weighted by Gasteiger charge is -2.06. The molecule has 2 aromatic rings. The maximum atomic E-state index is 12.0. The average molecular weight is 338 g/mol. The molecule has 0 aliphatic heterocycles. The highest BCUT2D eigenvalue weighted by atomic mass is 16.5. The number of para-hydroxylation sites is 1. The molecule has 0 amide bonds. The van der Waals surface area contributed by atoms with Crippen molar-refractivity contribution in [1.82, 2.24) is 0 Å². The molecule has 0 bridgehead atoms. The third kappa shape index (κ3) is 7.29. The Morgan fingerprint density at radius 1 is 0.840 bits per heavy atom. The molecule has 0 fully saturated rings. The number of hydrogen-bond donors (Lipinski definition) is 0. The van der Waals surface area contributed by atoms with Gasteiger partial charge in [-0.25, -0.2) is 0 Å². The average Bonchev–Trinajstić information content (AvgIpc) is 2.65. The van der Waals surface area contributed by atoms with Crippen LogP contribution in [0.1, 0.15) is 51.9 Å². The number of rotatable bonds is 10. The van der Waals surface area contributed by atoms with E-state index >= 15 is 0 Å². The lowest BCUT2D eigenvalue weighted by Crippen LogP contribution is -2.07. The Morgan fingerprint density at radius 2 is 1.52 bits per heavy atom. The first-order chi connectivity index (χ1) is 12.3. The van der Waals surface area contributed by atoms with E-state index in [1.807, 2.05) is 42.5 Å². The molecule has 2 aromatic carbocycles. The second-order valence-electron chi connectivity index (χ2n) is 6.00. The minimum Gasteiger partial charge on any atom is -0.424 e. The van der Waals surface area contributed by atoms with Gasteiger partial charge in [0, 0.05) is 6.42 Å². The number of esters is 1. The molecular formula is C21H26N2O2. The number of hydrogen-bond acceptors (Lipinski definition) is 4. The van der Waals surface area contributed by atoms with Gasteiger partial charge < -0.3 is 4.74 Å². The van der Waals surface area contributed by atoms with Crippen LogP contribution in [0.15, 0.2) is 64.8 Å². The Balaban J connectivity index is 1.85. The summed E-state index contributed by atoms with van der Waals surface area (Å²) in [5.41, 5.74) is 1.32. The predicted molar refractivity (Wildman–Crippen MR) is 101 cm³/mol. The molecule has 4 heteroatoms. The van der Waals surface area contributed by atoms with Crippen LogP contribution in [0, 0.1) is 0 Å². The van der Waals surface area contributed by atoms with Gasteiger partial charge in [-0.15, -0.1) is 5.11 Å². The molecule has 2 rings (SSSR count). The minimum absolute atomic E-state index is 0.210. The number of azo groups is 1. The van der Waals surface area contributed by atoms with Crippen LogP contribution >= 0.6 is 0 Å². The molecule has 0 saturated carbocycles. The van der Waals surface area contributed by atoms with Crippen LogP contribution in [-0.2, 0) is 4.79 Å². The smallest absolute Gasteiger partial charge is 0.311 e. The van der Waals surface area contributed by atoms with E-state index < -0.39 is 0 Å². The van der Waals surface area contributed by atoms with Gasteiger partial charge in [-0.05, 0) is 30.7 Å². The lowest BCUT2D eigenvalue weighted by molar-refractivity contribution is -0.134. The summed E-state index contributed by atoms with van der Waals surface area (Å²) in [7, 11) is 0. The van der Waals surface area contributed by atoms with Crippen LogP contribution in [0.25, 0.3) is 0 Å². The van der Waals surface area contributed by atoms with Gasteiger partial charge in [-0.2, -0.15) is 5.11 Å². The molecular weight excluding hydrogens is 312 g/mol. The highest BCUT2D eigenvalue weighted by Crippen LogP contribution is 2.29. The first kappa shape index (κ1) is 18.8. The Labute approximate surface area is 149 Å². The highest BCUT2D eigenvalue weighted by Gasteiger charge is 2.08. The Bertz CT molecular complexity index is 669. The zero-order valence-electron chi connectivity index (χ0n) is 14.9. The van der Waals surface area contributed by atoms with Crippen LogP contribution in [0.5, 0.6) is 5.75 Å². The monoisotopic (exact) mass is 338 g/mol. The van der Waals surface area contributed by atoms with Crippen LogP contribution in [-0.4, -0.2) is 5.97 Å². The standard InChI is InChI=1S/C21H26N2O2/c1-2-3-4-5-6-10-17-21(24)25-20-16-12-11-15-19(20)23-22-18-13-8-7-9-14-18/h7-9,11-16H,2-6,10,17H2,1H3. The molecule has 0 aliphatic rings. The van der Waals surface area contributed by atoms with E-state index in [2.05, 4.69) is 17.2 Å². The molecule has 0 N–H and O–H groups in total. The first-order valence-corrected chi connectivity index (χ1v) is 9.06. The zero-order chi connectivity index (χ0) is 17.7. The van der Waals surface area contributed by atoms with Crippen molar-refractivity contribution < 1.29 is 9.53 Å². The molecule has 0 saturated heterocycles. The third-order valence-electron chi connectivity index (χ3n) is 3.85. The summed E-state index contributed by atoms with van der Waals surface area (Å²) in [6, 6.07) is 16.7. The topological polar surface area (TPSA) is 51.0 Å². The fourth-order valence-electron chi connectivity index (χ4n) is 2.46. The number of ether oxygens (including phenoxy) is 1. The number of carbonyl (C=O) groups is 1. The van der Waals surface area contributed by atoms with E-state index in [0.717, 1.165) is 18.5 Å². The summed E-state index contributed by atoms with van der Waals surface area (Å²) in [5, 5.41) is 8.39. The van der Waals surface area contributed by atoms with Crippen molar-refractivity contribution in [2.45, 2.75) is 51.9 Å². The molecule has 0 unspecified atom stereocenters. The summed E-state index contributed by atoms with van der Waals surface area (Å²) >= 11 is 0. The van der Waals surface area contributed by atoms with Crippen molar-refractivity contribution in [3.8, 4) is 5.75 Å². The number of carbonyl (C=O) groups excluding carboxylic acids is 1. The maximum Gasteiger partial charge on any atom is 0.311 e. The van der Waals surface area contributed by atoms with E-state index in [0.29, 0.717) is 17.9 Å². The third-order valence-corrected chi connectivity index (χ3v) is 3.85. The quantitative estimate of drug-likeness (QED) is 0.208. The summed E-state index contributed by atoms with van der Waals surface area (Å²) in [5.74, 6) is 0.246. The zero-order valence-corrected chi connectivity index (χ0v) is 14.9. The number of unbranched alkanes of at least 4 members (excludes halogenated alkanes) is 5. The number of benzene rings is 2. The fraction of sp³-hybridized carbons (Fsp3) is 0.381. The van der Waals surface area contributed by atoms with E-state index in [9.17, 15) is 4.79 Å². The molecule has 4 nitrogen and oxygen atoms in total. The van der Waals surface area contributed by atoms with E-state index in [4.69, 9.17) is 4.74 Å². The SMILES string of the molecule is CCCCCCCCC(=O)Oc1ccccc1N=Nc1ccccc1. The van der Waals surface area contributed by atoms with Gasteiger partial charge >= 0.3 is 5.97 Å². The van der Waals surface area contributed by atoms with E-state index in [1.54, 1.807) is 12.1 Å². The summed E-state index contributed by atoms with van der Waals surface area (Å²) in [4.78, 5) is 12.0. The molecule has 0 aromatic heterocycles. The van der Waals surface area contributed by atoms with Crippen molar-refractivity contribution in [3.63, 3.8) is 0 Å². The summed E-state index contributed by atoms with van der Waals surface area (Å²) in [6.45, 7) is 2.20. The van der Waals surface area contributed by atoms with Crippen LogP contribution in [0.4, 0.5) is 11.4 Å². The Hall–Kier alpha value is -2.49. The van der Waals surface area contributed by atoms with Gasteiger partial charge in [0.05, 0.1) is 5.69 Å². The normalized spacial score (nSPS) is 10.9. The minimum atomic E-state index is -0.210. The maximum absolute atomic E-state index is 12.0. The van der Waals surface area contributed by atoms with Gasteiger partial charge in [0.2, 0.25) is 0 Å². The van der Waals surface area contributed by atoms with Crippen molar-refractivity contribution in [1.29, 1.82) is 0 Å². The van der Waals surface area contributed by atoms with Crippen LogP contribution < -0.4 is 4.74 Å². The molecule has 0 spiro atoms. The van der Waals surface area contributed by atoms with Gasteiger partial charge in [0.15, 0.2) is 5.75 Å². The molecule has 25 heavy (non-hydrogen) atoms. The van der Waals surface area contributed by atoms with Crippen molar-refractivity contribution >= 4 is 17.3 Å². The van der Waals surface area contributed by atoms with Gasteiger partial charge in [0.25, 0.3) is 0 Å². The van der Waals surface area contributed by atoms with Crippen LogP contribution in [0.3, 0.4) is 0 Å². The predicted octanol–water partition coefficient (Wildman–Crippen LogP) is 6.76. The van der Waals surface area contributed by atoms with E-state index in [-0.39, 0.29) is 5.97 Å². The van der Waals surface area contributed by atoms with Crippen molar-refractivity contribution in [2.24, 2.45) is 10.2 Å². The van der Waals surface area contributed by atoms with Gasteiger partial charge in [0.1, 0.15) is 5.69 Å². The number of nitrogens with zero attached hydrogens (tertiary/aromatic N) is 2. The summed E-state index contributed by atoms with van der Waals surface area (Å²) < 4.78 is 5.47. The largest absolute Gasteiger partial charge is 0.424 e. The molecule has 0 aliphatic carbocycles. The second-order valence-corrected chi connectivity index (χ2v) is 6.00. The van der Waals surface area contributed by atoms with Crippen LogP contribution in [0.2, 0.25) is 0 Å². The molecule has 0 radical (unpaired) electrons. The Kier molecular flexibility index (Phi) is 8.39. The fourth-order valence-corrected chi connectivity index (χ4v) is 2.46. The Morgan fingerprint density at radius 3 is 2.32 bits per heavy atom. The summed E-state index contributed by atoms with van der Waals surface area (Å²) in [6.07, 6.45) is 7.31. The molecule has 0 atom stereocenters. The lowest BCUT2D eigenvalue weighted by atomic mass is 10.1. The van der Waals surface area contributed by atoms with E-state index in [1.165, 1.54) is 25.7 Å². The molecule has 0 heterocycles. The molecule has 132 valence electrons.